The van der Waals surface area contributed by atoms with Gasteiger partial charge in [-0.05, 0) is 0 Å². The number of rotatable bonds is 0. The molecule has 0 spiro atoms. The second-order valence-corrected chi connectivity index (χ2v) is 2.87. The van der Waals surface area contributed by atoms with E-state index in [1.165, 1.54) is 0 Å². The van der Waals surface area contributed by atoms with Crippen LogP contribution < -0.4 is 9.44 Å². The van der Waals surface area contributed by atoms with Crippen LogP contribution in [0.3, 0.4) is 0 Å². The SMILES string of the molecule is O=C1C=CNS(=O)(=O)N1. The van der Waals surface area contributed by atoms with Gasteiger partial charge in [0.15, 0.2) is 0 Å². The Hall–Kier alpha value is -1.04. The number of nitrogens with one attached hydrogen (secondary N) is 2. The van der Waals surface area contributed by atoms with Crippen molar-refractivity contribution in [1.82, 2.24) is 9.44 Å². The molecule has 5 nitrogen and oxygen atoms in total. The molecule has 0 unspecified atom stereocenters. The number of carbonyl (C=O) groups is 1. The van der Waals surface area contributed by atoms with E-state index in [0.717, 1.165) is 12.3 Å². The Kier molecular flexibility index (Phi) is 1.17. The molecule has 2 N–H and O–H groups in total. The first kappa shape index (κ1) is 6.09. The molecule has 0 saturated carbocycles. The summed E-state index contributed by atoms with van der Waals surface area (Å²) in [5, 5.41) is 0. The van der Waals surface area contributed by atoms with Crippen LogP contribution in [-0.2, 0) is 15.0 Å². The van der Waals surface area contributed by atoms with Crippen molar-refractivity contribution in [3.05, 3.63) is 12.3 Å². The number of hydrogen-bond donors (Lipinski definition) is 2. The van der Waals surface area contributed by atoms with Crippen molar-refractivity contribution in [2.45, 2.75) is 0 Å². The van der Waals surface area contributed by atoms with Crippen molar-refractivity contribution in [3.8, 4) is 0 Å². The fourth-order valence-corrected chi connectivity index (χ4v) is 1.03. The smallest absolute Gasteiger partial charge is 0.273 e. The minimum atomic E-state index is -3.57. The molecule has 0 aromatic heterocycles. The molecule has 0 radical (unpaired) electrons. The Bertz CT molecular complexity index is 252. The first-order valence-electron chi connectivity index (χ1n) is 2.11. The Labute approximate surface area is 51.9 Å². The summed E-state index contributed by atoms with van der Waals surface area (Å²) in [4.78, 5) is 10.3. The van der Waals surface area contributed by atoms with E-state index >= 15 is 0 Å². The maximum absolute atomic E-state index is 10.4. The van der Waals surface area contributed by atoms with E-state index in [0.29, 0.717) is 0 Å². The summed E-state index contributed by atoms with van der Waals surface area (Å²) in [7, 11) is -3.57. The number of amides is 1. The van der Waals surface area contributed by atoms with Crippen molar-refractivity contribution in [3.63, 3.8) is 0 Å². The highest BCUT2D eigenvalue weighted by molar-refractivity contribution is 7.88. The fraction of sp³-hybridized carbons (Fsp3) is 0. The predicted octanol–water partition coefficient (Wildman–Crippen LogP) is -1.54. The Morgan fingerprint density at radius 2 is 2.11 bits per heavy atom. The summed E-state index contributed by atoms with van der Waals surface area (Å²) in [5.41, 5.74) is 0. The van der Waals surface area contributed by atoms with Gasteiger partial charge in [-0.1, -0.05) is 0 Å². The zero-order valence-corrected chi connectivity index (χ0v) is 5.10. The standard InChI is InChI=1S/C3H4N2O3S/c6-3-1-2-4-9(7,8)5-3/h1-2,4H,(H,5,6). The Balaban J connectivity index is 2.94. The lowest BCUT2D eigenvalue weighted by Gasteiger charge is -2.06. The van der Waals surface area contributed by atoms with Crippen LogP contribution in [0.4, 0.5) is 0 Å². The van der Waals surface area contributed by atoms with Crippen LogP contribution in [0.25, 0.3) is 0 Å². The first-order chi connectivity index (χ1) is 4.10. The molecule has 0 aromatic carbocycles. The monoisotopic (exact) mass is 148 g/mol. The lowest BCUT2D eigenvalue weighted by Crippen LogP contribution is -2.40. The van der Waals surface area contributed by atoms with E-state index in [2.05, 4.69) is 0 Å². The Morgan fingerprint density at radius 1 is 1.44 bits per heavy atom. The molecule has 1 aliphatic rings. The second-order valence-electron chi connectivity index (χ2n) is 1.42. The third kappa shape index (κ3) is 1.43. The molecule has 0 saturated heterocycles. The van der Waals surface area contributed by atoms with E-state index < -0.39 is 16.1 Å². The van der Waals surface area contributed by atoms with Crippen molar-refractivity contribution >= 4 is 16.1 Å². The molecule has 0 aromatic rings. The van der Waals surface area contributed by atoms with Gasteiger partial charge < -0.3 is 0 Å². The normalized spacial score (nSPS) is 22.4. The van der Waals surface area contributed by atoms with Crippen LogP contribution in [0.15, 0.2) is 12.3 Å². The van der Waals surface area contributed by atoms with Crippen LogP contribution >= 0.6 is 0 Å². The summed E-state index contributed by atoms with van der Waals surface area (Å²) >= 11 is 0. The molecule has 1 heterocycles. The van der Waals surface area contributed by atoms with Gasteiger partial charge in [0.05, 0.1) is 0 Å². The molecule has 0 aliphatic carbocycles. The molecule has 1 aliphatic heterocycles. The highest BCUT2D eigenvalue weighted by Gasteiger charge is 2.13. The van der Waals surface area contributed by atoms with Gasteiger partial charge in [0.25, 0.3) is 5.91 Å². The summed E-state index contributed by atoms with van der Waals surface area (Å²) < 4.78 is 24.4. The summed E-state index contributed by atoms with van der Waals surface area (Å²) in [5.74, 6) is -0.631. The van der Waals surface area contributed by atoms with E-state index in [-0.39, 0.29) is 0 Å². The topological polar surface area (TPSA) is 75.3 Å². The van der Waals surface area contributed by atoms with Crippen molar-refractivity contribution in [1.29, 1.82) is 0 Å². The summed E-state index contributed by atoms with van der Waals surface area (Å²) in [6.07, 6.45) is 2.15. The Morgan fingerprint density at radius 3 is 2.44 bits per heavy atom. The maximum atomic E-state index is 10.4. The van der Waals surface area contributed by atoms with Gasteiger partial charge in [0.1, 0.15) is 0 Å². The number of carbonyl (C=O) groups excluding carboxylic acids is 1. The molecule has 0 fully saturated rings. The molecule has 1 amide bonds. The van der Waals surface area contributed by atoms with Crippen LogP contribution in [0.5, 0.6) is 0 Å². The number of hydrogen-bond acceptors (Lipinski definition) is 3. The van der Waals surface area contributed by atoms with Gasteiger partial charge in [0.2, 0.25) is 0 Å². The molecular formula is C3H4N2O3S. The van der Waals surface area contributed by atoms with Crippen molar-refractivity contribution < 1.29 is 13.2 Å². The van der Waals surface area contributed by atoms with Gasteiger partial charge in [-0.2, -0.15) is 8.42 Å². The van der Waals surface area contributed by atoms with E-state index in [4.69, 9.17) is 0 Å². The predicted molar refractivity (Wildman–Crippen MR) is 29.3 cm³/mol. The molecular weight excluding hydrogens is 144 g/mol. The van der Waals surface area contributed by atoms with Gasteiger partial charge in [-0.15, -0.1) is 0 Å². The van der Waals surface area contributed by atoms with Gasteiger partial charge in [-0.25, -0.2) is 4.72 Å². The van der Waals surface area contributed by atoms with Crippen molar-refractivity contribution in [2.24, 2.45) is 0 Å². The molecule has 1 rings (SSSR count). The van der Waals surface area contributed by atoms with E-state index in [1.54, 1.807) is 4.72 Å². The third-order valence-corrected chi connectivity index (χ3v) is 1.61. The second kappa shape index (κ2) is 1.73. The molecule has 50 valence electrons. The van der Waals surface area contributed by atoms with Crippen LogP contribution in [0, 0.1) is 0 Å². The average molecular weight is 148 g/mol. The van der Waals surface area contributed by atoms with Gasteiger partial charge in [0, 0.05) is 12.3 Å². The molecule has 0 bridgehead atoms. The summed E-state index contributed by atoms with van der Waals surface area (Å²) in [6.45, 7) is 0. The third-order valence-electron chi connectivity index (χ3n) is 0.693. The lowest BCUT2D eigenvalue weighted by atomic mass is 10.6. The average Bonchev–Trinajstić information content (AvgIpc) is 1.60. The first-order valence-corrected chi connectivity index (χ1v) is 3.59. The quantitative estimate of drug-likeness (QED) is 0.437. The molecule has 0 atom stereocenters. The zero-order chi connectivity index (χ0) is 6.91. The highest BCUT2D eigenvalue weighted by Crippen LogP contribution is 1.84. The van der Waals surface area contributed by atoms with Crippen molar-refractivity contribution in [2.75, 3.05) is 0 Å². The minimum absolute atomic E-state index is 0.631. The maximum Gasteiger partial charge on any atom is 0.323 e. The van der Waals surface area contributed by atoms with Crippen LogP contribution in [-0.4, -0.2) is 14.3 Å². The molecule has 6 heteroatoms. The van der Waals surface area contributed by atoms with E-state index in [1.807, 2.05) is 4.72 Å². The fourth-order valence-electron chi connectivity index (χ4n) is 0.395. The van der Waals surface area contributed by atoms with Crippen LogP contribution in [0.1, 0.15) is 0 Å². The van der Waals surface area contributed by atoms with Gasteiger partial charge in [-0.3, -0.25) is 9.52 Å². The largest absolute Gasteiger partial charge is 0.323 e. The molecule has 9 heavy (non-hydrogen) atoms. The zero-order valence-electron chi connectivity index (χ0n) is 4.29. The highest BCUT2D eigenvalue weighted by atomic mass is 32.2. The lowest BCUT2D eigenvalue weighted by molar-refractivity contribution is -0.115. The van der Waals surface area contributed by atoms with Crippen LogP contribution in [0.2, 0.25) is 0 Å². The summed E-state index contributed by atoms with van der Waals surface area (Å²) in [6, 6.07) is 0. The van der Waals surface area contributed by atoms with Gasteiger partial charge >= 0.3 is 10.2 Å². The van der Waals surface area contributed by atoms with E-state index in [9.17, 15) is 13.2 Å². The minimum Gasteiger partial charge on any atom is -0.273 e.